The van der Waals surface area contributed by atoms with Gasteiger partial charge in [0.1, 0.15) is 0 Å². The maximum absolute atomic E-state index is 11.4. The van der Waals surface area contributed by atoms with E-state index in [1.54, 1.807) is 19.1 Å². The summed E-state index contributed by atoms with van der Waals surface area (Å²) in [4.78, 5) is 11.4. The molecule has 0 radical (unpaired) electrons. The predicted molar refractivity (Wildman–Crippen MR) is 51.8 cm³/mol. The van der Waals surface area contributed by atoms with Crippen molar-refractivity contribution in [2.24, 2.45) is 5.73 Å². The number of hydrogen-bond donors (Lipinski definition) is 2. The number of rotatable bonds is 3. The van der Waals surface area contributed by atoms with Gasteiger partial charge in [0.2, 0.25) is 5.91 Å². The largest absolute Gasteiger partial charge is 0.325 e. The Balaban J connectivity index is 2.34. The maximum atomic E-state index is 11.4. The van der Waals surface area contributed by atoms with Gasteiger partial charge in [-0.2, -0.15) is 0 Å². The molecule has 1 rings (SSSR count). The molecule has 1 aliphatic carbocycles. The molecular weight excluding hydrogens is 166 g/mol. The van der Waals surface area contributed by atoms with E-state index in [-0.39, 0.29) is 11.4 Å². The Morgan fingerprint density at radius 2 is 2.00 bits per heavy atom. The Morgan fingerprint density at radius 1 is 1.46 bits per heavy atom. The lowest BCUT2D eigenvalue weighted by atomic mass is 9.94. The lowest BCUT2D eigenvalue weighted by Crippen LogP contribution is -2.45. The second-order valence-electron chi connectivity index (χ2n) is 4.18. The molecule has 0 heterocycles. The molecule has 13 heavy (non-hydrogen) atoms. The number of nitrogens with one attached hydrogen (secondary N) is 1. The first-order valence-electron chi connectivity index (χ1n) is 4.78. The second kappa shape index (κ2) is 4.07. The fourth-order valence-electron chi connectivity index (χ4n) is 1.86. The van der Waals surface area contributed by atoms with Crippen LogP contribution < -0.4 is 11.2 Å². The lowest BCUT2D eigenvalue weighted by molar-refractivity contribution is -0.126. The third kappa shape index (κ3) is 3.32. The third-order valence-corrected chi connectivity index (χ3v) is 2.46. The van der Waals surface area contributed by atoms with Crippen LogP contribution in [0.15, 0.2) is 0 Å². The van der Waals surface area contributed by atoms with E-state index in [1.807, 2.05) is 0 Å². The summed E-state index contributed by atoms with van der Waals surface area (Å²) >= 11 is 0. The maximum Gasteiger partial charge on any atom is 0.236 e. The highest BCUT2D eigenvalue weighted by Crippen LogP contribution is 2.29. The normalized spacial score (nSPS) is 20.6. The summed E-state index contributed by atoms with van der Waals surface area (Å²) in [5.74, 6) is 0.0226. The van der Waals surface area contributed by atoms with Crippen LogP contribution in [-0.2, 0) is 4.79 Å². The van der Waals surface area contributed by atoms with Crippen LogP contribution in [-0.4, -0.2) is 30.6 Å². The van der Waals surface area contributed by atoms with Crippen molar-refractivity contribution in [3.05, 3.63) is 0 Å². The van der Waals surface area contributed by atoms with E-state index in [9.17, 15) is 4.79 Å². The molecule has 0 saturated heterocycles. The standard InChI is InChI=1S/C9H19N3O/c1-12(2)11-8(13)7-9(10)5-3-4-6-9/h3-7,10H2,1-2H3,(H,11,13). The molecule has 0 aliphatic heterocycles. The molecule has 0 aromatic heterocycles. The van der Waals surface area contributed by atoms with Crippen LogP contribution in [0.2, 0.25) is 0 Å². The van der Waals surface area contributed by atoms with Crippen LogP contribution in [0, 0.1) is 0 Å². The lowest BCUT2D eigenvalue weighted by Gasteiger charge is -2.23. The van der Waals surface area contributed by atoms with Crippen molar-refractivity contribution in [2.75, 3.05) is 14.1 Å². The zero-order chi connectivity index (χ0) is 9.90. The molecule has 0 spiro atoms. The number of hydrazine groups is 1. The molecule has 0 aromatic rings. The van der Waals surface area contributed by atoms with Gasteiger partial charge in [-0.25, -0.2) is 5.01 Å². The minimum Gasteiger partial charge on any atom is -0.325 e. The van der Waals surface area contributed by atoms with Gasteiger partial charge in [-0.1, -0.05) is 12.8 Å². The monoisotopic (exact) mass is 185 g/mol. The van der Waals surface area contributed by atoms with Gasteiger partial charge in [0.05, 0.1) is 0 Å². The summed E-state index contributed by atoms with van der Waals surface area (Å²) in [5.41, 5.74) is 8.53. The number of nitrogens with zero attached hydrogens (tertiary/aromatic N) is 1. The molecular formula is C9H19N3O. The molecule has 76 valence electrons. The molecule has 3 N–H and O–H groups in total. The fraction of sp³-hybridized carbons (Fsp3) is 0.889. The Kier molecular flexibility index (Phi) is 3.27. The van der Waals surface area contributed by atoms with Crippen LogP contribution in [0.5, 0.6) is 0 Å². The highest BCUT2D eigenvalue weighted by molar-refractivity contribution is 5.76. The summed E-state index contributed by atoms with van der Waals surface area (Å²) in [6.07, 6.45) is 4.73. The first kappa shape index (κ1) is 10.5. The van der Waals surface area contributed by atoms with E-state index in [4.69, 9.17) is 5.73 Å². The van der Waals surface area contributed by atoms with Crippen molar-refractivity contribution in [1.29, 1.82) is 0 Å². The molecule has 1 aliphatic rings. The minimum atomic E-state index is -0.236. The Hall–Kier alpha value is -0.610. The molecule has 4 nitrogen and oxygen atoms in total. The molecule has 1 saturated carbocycles. The number of carbonyl (C=O) groups excluding carboxylic acids is 1. The van der Waals surface area contributed by atoms with E-state index in [2.05, 4.69) is 5.43 Å². The van der Waals surface area contributed by atoms with Crippen molar-refractivity contribution in [3.8, 4) is 0 Å². The van der Waals surface area contributed by atoms with Crippen LogP contribution in [0.3, 0.4) is 0 Å². The minimum absolute atomic E-state index is 0.0226. The molecule has 4 heteroatoms. The van der Waals surface area contributed by atoms with Gasteiger partial charge in [0, 0.05) is 26.1 Å². The van der Waals surface area contributed by atoms with Gasteiger partial charge in [0.25, 0.3) is 0 Å². The predicted octanol–water partition coefficient (Wildman–Crippen LogP) is 0.241. The topological polar surface area (TPSA) is 58.4 Å². The quantitative estimate of drug-likeness (QED) is 0.619. The molecule has 0 unspecified atom stereocenters. The smallest absolute Gasteiger partial charge is 0.236 e. The van der Waals surface area contributed by atoms with Crippen LogP contribution >= 0.6 is 0 Å². The molecule has 0 bridgehead atoms. The summed E-state index contributed by atoms with van der Waals surface area (Å²) in [6, 6.07) is 0. The zero-order valence-electron chi connectivity index (χ0n) is 8.47. The highest BCUT2D eigenvalue weighted by Gasteiger charge is 2.31. The van der Waals surface area contributed by atoms with Crippen molar-refractivity contribution < 1.29 is 4.79 Å². The summed E-state index contributed by atoms with van der Waals surface area (Å²) in [7, 11) is 3.60. The first-order valence-corrected chi connectivity index (χ1v) is 4.78. The number of nitrogens with two attached hydrogens (primary N) is 1. The first-order chi connectivity index (χ1) is 6.02. The summed E-state index contributed by atoms with van der Waals surface area (Å²) in [6.45, 7) is 0. The van der Waals surface area contributed by atoms with Gasteiger partial charge in [-0.05, 0) is 12.8 Å². The van der Waals surface area contributed by atoms with Gasteiger partial charge >= 0.3 is 0 Å². The second-order valence-corrected chi connectivity index (χ2v) is 4.18. The van der Waals surface area contributed by atoms with Gasteiger partial charge < -0.3 is 5.73 Å². The zero-order valence-corrected chi connectivity index (χ0v) is 8.47. The highest BCUT2D eigenvalue weighted by atomic mass is 16.2. The van der Waals surface area contributed by atoms with Crippen LogP contribution in [0.25, 0.3) is 0 Å². The Bertz CT molecular complexity index is 185. The Labute approximate surface area is 79.4 Å². The van der Waals surface area contributed by atoms with Gasteiger partial charge in [0.15, 0.2) is 0 Å². The van der Waals surface area contributed by atoms with E-state index >= 15 is 0 Å². The molecule has 0 aromatic carbocycles. The summed E-state index contributed by atoms with van der Waals surface area (Å²) < 4.78 is 0. The van der Waals surface area contributed by atoms with Gasteiger partial charge in [-0.3, -0.25) is 10.2 Å². The van der Waals surface area contributed by atoms with Crippen LogP contribution in [0.4, 0.5) is 0 Å². The van der Waals surface area contributed by atoms with E-state index in [1.165, 1.54) is 0 Å². The number of carbonyl (C=O) groups is 1. The fourth-order valence-corrected chi connectivity index (χ4v) is 1.86. The third-order valence-electron chi connectivity index (χ3n) is 2.46. The average molecular weight is 185 g/mol. The van der Waals surface area contributed by atoms with Crippen LogP contribution in [0.1, 0.15) is 32.1 Å². The van der Waals surface area contributed by atoms with Crippen molar-refractivity contribution in [2.45, 2.75) is 37.6 Å². The van der Waals surface area contributed by atoms with E-state index < -0.39 is 0 Å². The number of hydrogen-bond acceptors (Lipinski definition) is 3. The average Bonchev–Trinajstić information content (AvgIpc) is 2.33. The van der Waals surface area contributed by atoms with Crippen molar-refractivity contribution in [3.63, 3.8) is 0 Å². The van der Waals surface area contributed by atoms with Crippen molar-refractivity contribution in [1.82, 2.24) is 10.4 Å². The van der Waals surface area contributed by atoms with E-state index in [0.717, 1.165) is 25.7 Å². The molecule has 0 atom stereocenters. The molecule has 1 fully saturated rings. The molecule has 1 amide bonds. The number of amides is 1. The van der Waals surface area contributed by atoms with Gasteiger partial charge in [-0.15, -0.1) is 0 Å². The Morgan fingerprint density at radius 3 is 2.46 bits per heavy atom. The van der Waals surface area contributed by atoms with E-state index in [0.29, 0.717) is 6.42 Å². The summed E-state index contributed by atoms with van der Waals surface area (Å²) in [5, 5.41) is 1.65. The van der Waals surface area contributed by atoms with Crippen molar-refractivity contribution >= 4 is 5.91 Å². The SMILES string of the molecule is CN(C)NC(=O)CC1(N)CCCC1.